The van der Waals surface area contributed by atoms with E-state index < -0.39 is 29.9 Å². The molecule has 0 aliphatic carbocycles. The number of ether oxygens (including phenoxy) is 1. The minimum Gasteiger partial charge on any atom is -0.465 e. The minimum atomic E-state index is -1.34. The molecular weight excluding hydrogens is 447 g/mol. The van der Waals surface area contributed by atoms with Gasteiger partial charge in [0.25, 0.3) is 5.91 Å². The zero-order valence-electron chi connectivity index (χ0n) is 17.7. The summed E-state index contributed by atoms with van der Waals surface area (Å²) in [7, 11) is 2.80. The number of benzodiazepines with no additional fused rings is 1. The zero-order valence-corrected chi connectivity index (χ0v) is 18.5. The van der Waals surface area contributed by atoms with Gasteiger partial charge in [0.05, 0.1) is 24.2 Å². The molecule has 1 unspecified atom stereocenters. The fourth-order valence-electron chi connectivity index (χ4n) is 3.43. The number of carbonyl (C=O) groups is 3. The Kier molecular flexibility index (Phi) is 6.18. The van der Waals surface area contributed by atoms with Crippen molar-refractivity contribution in [1.82, 2.24) is 5.32 Å². The molecule has 168 valence electrons. The number of fused-ring (bicyclic) bond motifs is 1. The van der Waals surface area contributed by atoms with E-state index >= 15 is 0 Å². The first-order chi connectivity index (χ1) is 15.9. The highest BCUT2D eigenvalue weighted by Crippen LogP contribution is 2.28. The third-order valence-electron chi connectivity index (χ3n) is 5.02. The Morgan fingerprint density at radius 1 is 1.09 bits per heavy atom. The van der Waals surface area contributed by atoms with Crippen molar-refractivity contribution in [3.8, 4) is 0 Å². The molecule has 0 fully saturated rings. The minimum absolute atomic E-state index is 0.200. The number of para-hydroxylation sites is 1. The van der Waals surface area contributed by atoms with E-state index in [2.05, 4.69) is 15.6 Å². The van der Waals surface area contributed by atoms with E-state index in [1.165, 1.54) is 18.1 Å². The van der Waals surface area contributed by atoms with E-state index in [0.29, 0.717) is 11.3 Å². The predicted octanol–water partition coefficient (Wildman–Crippen LogP) is 3.64. The summed E-state index contributed by atoms with van der Waals surface area (Å²) in [6, 6.07) is 13.9. The summed E-state index contributed by atoms with van der Waals surface area (Å²) < 4.78 is 19.4. The van der Waals surface area contributed by atoms with Gasteiger partial charge in [0, 0.05) is 18.2 Å². The lowest BCUT2D eigenvalue weighted by Crippen LogP contribution is -2.47. The quantitative estimate of drug-likeness (QED) is 0.574. The summed E-state index contributed by atoms with van der Waals surface area (Å²) in [5, 5.41) is 6.68. The van der Waals surface area contributed by atoms with Crippen molar-refractivity contribution in [2.75, 3.05) is 24.4 Å². The lowest BCUT2D eigenvalue weighted by atomic mass is 10.00. The number of methoxy groups -OCH3 is 1. The van der Waals surface area contributed by atoms with Gasteiger partial charge in [-0.2, -0.15) is 0 Å². The molecule has 33 heavy (non-hydrogen) atoms. The summed E-state index contributed by atoms with van der Waals surface area (Å²) in [6.07, 6.45) is -1.34. The number of likely N-dealkylation sites (N-methyl/N-ethyl adjacent to an activating group) is 1. The Balaban J connectivity index is 1.70. The Morgan fingerprint density at radius 3 is 2.52 bits per heavy atom. The number of nitrogens with one attached hydrogen (secondary N) is 2. The maximum atomic E-state index is 14.7. The van der Waals surface area contributed by atoms with E-state index in [4.69, 9.17) is 4.74 Å². The molecule has 1 aliphatic heterocycles. The first-order valence-corrected chi connectivity index (χ1v) is 10.7. The van der Waals surface area contributed by atoms with E-state index in [1.54, 1.807) is 61.0 Å². The van der Waals surface area contributed by atoms with Crippen molar-refractivity contribution >= 4 is 46.3 Å². The summed E-state index contributed by atoms with van der Waals surface area (Å²) >= 11 is 1.10. The Hall–Kier alpha value is -4.05. The lowest BCUT2D eigenvalue weighted by molar-refractivity contribution is -0.119. The molecule has 4 rings (SSSR count). The van der Waals surface area contributed by atoms with Gasteiger partial charge in [-0.25, -0.2) is 19.0 Å². The molecule has 2 N–H and O–H groups in total. The van der Waals surface area contributed by atoms with Crippen LogP contribution in [0, 0.1) is 5.82 Å². The molecule has 0 saturated heterocycles. The molecule has 3 amide bonds. The van der Waals surface area contributed by atoms with E-state index in [1.807, 2.05) is 0 Å². The largest absolute Gasteiger partial charge is 0.465 e. The van der Waals surface area contributed by atoms with Crippen LogP contribution in [0.3, 0.4) is 0 Å². The van der Waals surface area contributed by atoms with Crippen molar-refractivity contribution in [1.29, 1.82) is 0 Å². The van der Waals surface area contributed by atoms with Gasteiger partial charge in [0.15, 0.2) is 0 Å². The first-order valence-electron chi connectivity index (χ1n) is 9.83. The number of carbonyl (C=O) groups excluding carboxylic acids is 3. The molecule has 2 heterocycles. The molecule has 1 aromatic heterocycles. The van der Waals surface area contributed by atoms with E-state index in [-0.39, 0.29) is 21.8 Å². The second-order valence-electron chi connectivity index (χ2n) is 7.03. The van der Waals surface area contributed by atoms with Gasteiger partial charge in [-0.3, -0.25) is 4.79 Å². The van der Waals surface area contributed by atoms with Crippen LogP contribution in [0.15, 0.2) is 65.0 Å². The third kappa shape index (κ3) is 4.33. The Labute approximate surface area is 192 Å². The van der Waals surface area contributed by atoms with Crippen LogP contribution in [0.4, 0.5) is 20.6 Å². The summed E-state index contributed by atoms with van der Waals surface area (Å²) in [5.41, 5.74) is 1.75. The number of aliphatic imine (C=N–C) groups is 1. The smallest absolute Gasteiger partial charge is 0.350 e. The molecule has 2 aromatic carbocycles. The first kappa shape index (κ1) is 22.2. The van der Waals surface area contributed by atoms with Crippen LogP contribution in [0.1, 0.15) is 20.8 Å². The SMILES string of the molecule is COC(=O)c1sccc1NC(=O)NC1N=C(c2ccccc2F)c2ccccc2N(C)C1=O. The summed E-state index contributed by atoms with van der Waals surface area (Å²) in [6.45, 7) is 0. The molecule has 1 atom stereocenters. The highest BCUT2D eigenvalue weighted by Gasteiger charge is 2.32. The standard InChI is InChI=1S/C23H19FN4O4S/c1-28-17-10-6-4-8-14(17)18(13-7-3-5-9-15(13)24)26-20(21(28)29)27-23(31)25-16-11-12-33-19(16)22(30)32-2/h3-12,20H,1-2H3,(H2,25,27,31). The molecule has 0 saturated carbocycles. The van der Waals surface area contributed by atoms with Gasteiger partial charge in [-0.15, -0.1) is 11.3 Å². The number of esters is 1. The molecule has 8 nitrogen and oxygen atoms in total. The number of hydrogen-bond acceptors (Lipinski definition) is 6. The zero-order chi connectivity index (χ0) is 23.5. The number of amides is 3. The molecule has 10 heteroatoms. The van der Waals surface area contributed by atoms with Gasteiger partial charge in [-0.1, -0.05) is 30.3 Å². The number of benzene rings is 2. The normalized spacial score (nSPS) is 15.2. The van der Waals surface area contributed by atoms with Gasteiger partial charge >= 0.3 is 12.0 Å². The van der Waals surface area contributed by atoms with Crippen LogP contribution < -0.4 is 15.5 Å². The van der Waals surface area contributed by atoms with Gasteiger partial charge in [0.2, 0.25) is 6.17 Å². The van der Waals surface area contributed by atoms with Crippen LogP contribution in [-0.4, -0.2) is 43.9 Å². The predicted molar refractivity (Wildman–Crippen MR) is 123 cm³/mol. The van der Waals surface area contributed by atoms with Crippen molar-refractivity contribution in [3.05, 3.63) is 81.8 Å². The van der Waals surface area contributed by atoms with Gasteiger partial charge in [-0.05, 0) is 29.6 Å². The molecule has 0 spiro atoms. The molecule has 3 aromatic rings. The van der Waals surface area contributed by atoms with Crippen LogP contribution in [0.5, 0.6) is 0 Å². The van der Waals surface area contributed by atoms with Crippen LogP contribution in [-0.2, 0) is 9.53 Å². The van der Waals surface area contributed by atoms with Crippen LogP contribution >= 0.6 is 11.3 Å². The topological polar surface area (TPSA) is 100 Å². The molecular formula is C23H19FN4O4S. The van der Waals surface area contributed by atoms with Crippen molar-refractivity contribution < 1.29 is 23.5 Å². The van der Waals surface area contributed by atoms with Gasteiger partial charge in [0.1, 0.15) is 10.7 Å². The van der Waals surface area contributed by atoms with Crippen molar-refractivity contribution in [2.24, 2.45) is 4.99 Å². The number of thiophene rings is 1. The van der Waals surface area contributed by atoms with E-state index in [0.717, 1.165) is 11.3 Å². The molecule has 0 bridgehead atoms. The average molecular weight is 466 g/mol. The maximum absolute atomic E-state index is 14.7. The number of nitrogens with zero attached hydrogens (tertiary/aromatic N) is 2. The fraction of sp³-hybridized carbons (Fsp3) is 0.130. The Morgan fingerprint density at radius 2 is 1.79 bits per heavy atom. The van der Waals surface area contributed by atoms with Crippen LogP contribution in [0.2, 0.25) is 0 Å². The third-order valence-corrected chi connectivity index (χ3v) is 5.92. The van der Waals surface area contributed by atoms with Crippen LogP contribution in [0.25, 0.3) is 0 Å². The summed E-state index contributed by atoms with van der Waals surface area (Å²) in [4.78, 5) is 43.7. The summed E-state index contributed by atoms with van der Waals surface area (Å²) in [5.74, 6) is -1.62. The number of halogens is 1. The lowest BCUT2D eigenvalue weighted by Gasteiger charge is -2.21. The highest BCUT2D eigenvalue weighted by molar-refractivity contribution is 7.12. The van der Waals surface area contributed by atoms with E-state index in [9.17, 15) is 18.8 Å². The fourth-order valence-corrected chi connectivity index (χ4v) is 4.19. The second kappa shape index (κ2) is 9.21. The van der Waals surface area contributed by atoms with Crippen molar-refractivity contribution in [3.63, 3.8) is 0 Å². The monoisotopic (exact) mass is 466 g/mol. The van der Waals surface area contributed by atoms with Crippen molar-refractivity contribution in [2.45, 2.75) is 6.17 Å². The highest BCUT2D eigenvalue weighted by atomic mass is 32.1. The number of rotatable bonds is 4. The van der Waals surface area contributed by atoms with Gasteiger partial charge < -0.3 is 20.3 Å². The molecule has 1 aliphatic rings. The number of urea groups is 1. The maximum Gasteiger partial charge on any atom is 0.350 e. The second-order valence-corrected chi connectivity index (χ2v) is 7.94. The number of hydrogen-bond donors (Lipinski definition) is 2. The Bertz CT molecular complexity index is 1270. The molecule has 0 radical (unpaired) electrons. The average Bonchev–Trinajstić information content (AvgIpc) is 3.25. The number of anilines is 2.